The van der Waals surface area contributed by atoms with Crippen LogP contribution in [0.2, 0.25) is 0 Å². The number of aryl methyl sites for hydroxylation is 1. The first-order chi connectivity index (χ1) is 8.06. The summed E-state index contributed by atoms with van der Waals surface area (Å²) in [7, 11) is 0. The van der Waals surface area contributed by atoms with Crippen LogP contribution in [-0.2, 0) is 0 Å². The van der Waals surface area contributed by atoms with Crippen LogP contribution in [0.1, 0.15) is 25.8 Å². The summed E-state index contributed by atoms with van der Waals surface area (Å²) in [5.41, 5.74) is 9.09. The number of nitrogens with zero attached hydrogens (tertiary/aromatic N) is 2. The van der Waals surface area contributed by atoms with Crippen LogP contribution in [-0.4, -0.2) is 13.1 Å². The molecule has 3 heteroatoms. The SMILES string of the molecule is Cc1cccc(N)c1N(CCC#N)CC(C)C. The Bertz CT molecular complexity index is 384. The van der Waals surface area contributed by atoms with Crippen molar-refractivity contribution >= 4 is 11.4 Å². The second-order valence-corrected chi connectivity index (χ2v) is 4.76. The van der Waals surface area contributed by atoms with Crippen LogP contribution in [0, 0.1) is 24.2 Å². The Labute approximate surface area is 104 Å². The van der Waals surface area contributed by atoms with Gasteiger partial charge in [0.15, 0.2) is 0 Å². The predicted molar refractivity (Wildman–Crippen MR) is 72.9 cm³/mol. The lowest BCUT2D eigenvalue weighted by Crippen LogP contribution is -2.30. The van der Waals surface area contributed by atoms with Crippen LogP contribution in [0.4, 0.5) is 11.4 Å². The van der Waals surface area contributed by atoms with E-state index in [-0.39, 0.29) is 0 Å². The summed E-state index contributed by atoms with van der Waals surface area (Å²) in [6.45, 7) is 8.08. The Morgan fingerprint density at radius 1 is 1.41 bits per heavy atom. The van der Waals surface area contributed by atoms with E-state index in [4.69, 9.17) is 11.0 Å². The molecule has 92 valence electrons. The zero-order valence-corrected chi connectivity index (χ0v) is 10.9. The zero-order valence-electron chi connectivity index (χ0n) is 10.9. The van der Waals surface area contributed by atoms with E-state index < -0.39 is 0 Å². The molecule has 1 aromatic rings. The molecule has 0 aliphatic carbocycles. The standard InChI is InChI=1S/C14H21N3/c1-11(2)10-17(9-5-8-15)14-12(3)6-4-7-13(14)16/h4,6-7,11H,5,9-10,16H2,1-3H3. The van der Waals surface area contributed by atoms with E-state index >= 15 is 0 Å². The van der Waals surface area contributed by atoms with Gasteiger partial charge in [-0.1, -0.05) is 26.0 Å². The lowest BCUT2D eigenvalue weighted by molar-refractivity contribution is 0.612. The lowest BCUT2D eigenvalue weighted by atomic mass is 10.1. The molecule has 0 saturated heterocycles. The van der Waals surface area contributed by atoms with Crippen molar-refractivity contribution in [3.63, 3.8) is 0 Å². The second kappa shape index (κ2) is 6.15. The predicted octanol–water partition coefficient (Wildman–Crippen LogP) is 2.95. The van der Waals surface area contributed by atoms with Crippen molar-refractivity contribution in [3.8, 4) is 6.07 Å². The van der Waals surface area contributed by atoms with Gasteiger partial charge in [-0.2, -0.15) is 5.26 Å². The minimum absolute atomic E-state index is 0.528. The number of para-hydroxylation sites is 1. The van der Waals surface area contributed by atoms with Gasteiger partial charge in [-0.05, 0) is 24.5 Å². The van der Waals surface area contributed by atoms with Crippen LogP contribution < -0.4 is 10.6 Å². The molecule has 0 atom stereocenters. The van der Waals surface area contributed by atoms with Crippen molar-refractivity contribution in [1.82, 2.24) is 0 Å². The van der Waals surface area contributed by atoms with E-state index in [0.717, 1.165) is 24.5 Å². The molecule has 0 bridgehead atoms. The fourth-order valence-electron chi connectivity index (χ4n) is 2.03. The van der Waals surface area contributed by atoms with Crippen molar-refractivity contribution < 1.29 is 0 Å². The van der Waals surface area contributed by atoms with Gasteiger partial charge in [-0.15, -0.1) is 0 Å². The zero-order chi connectivity index (χ0) is 12.8. The Morgan fingerprint density at radius 3 is 2.65 bits per heavy atom. The molecular formula is C14H21N3. The van der Waals surface area contributed by atoms with Gasteiger partial charge in [0.2, 0.25) is 0 Å². The Morgan fingerprint density at radius 2 is 2.12 bits per heavy atom. The Hall–Kier alpha value is -1.69. The third-order valence-electron chi connectivity index (χ3n) is 2.66. The molecule has 0 fully saturated rings. The second-order valence-electron chi connectivity index (χ2n) is 4.76. The molecule has 0 radical (unpaired) electrons. The maximum absolute atomic E-state index is 8.73. The van der Waals surface area contributed by atoms with Crippen LogP contribution >= 0.6 is 0 Å². The first kappa shape index (κ1) is 13.4. The summed E-state index contributed by atoms with van der Waals surface area (Å²) in [6, 6.07) is 8.14. The molecule has 0 aromatic heterocycles. The minimum Gasteiger partial charge on any atom is -0.397 e. The van der Waals surface area contributed by atoms with E-state index in [1.54, 1.807) is 0 Å². The van der Waals surface area contributed by atoms with E-state index in [2.05, 4.69) is 37.8 Å². The fourth-order valence-corrected chi connectivity index (χ4v) is 2.03. The van der Waals surface area contributed by atoms with Gasteiger partial charge < -0.3 is 10.6 Å². The summed E-state index contributed by atoms with van der Waals surface area (Å²) >= 11 is 0. The van der Waals surface area contributed by atoms with Crippen LogP contribution in [0.3, 0.4) is 0 Å². The molecule has 0 saturated carbocycles. The molecule has 0 aliphatic rings. The van der Waals surface area contributed by atoms with Gasteiger partial charge in [-0.3, -0.25) is 0 Å². The monoisotopic (exact) mass is 231 g/mol. The van der Waals surface area contributed by atoms with Gasteiger partial charge >= 0.3 is 0 Å². The molecular weight excluding hydrogens is 210 g/mol. The summed E-state index contributed by atoms with van der Waals surface area (Å²) in [5.74, 6) is 0.549. The van der Waals surface area contributed by atoms with Crippen molar-refractivity contribution in [1.29, 1.82) is 5.26 Å². The van der Waals surface area contributed by atoms with E-state index in [1.807, 2.05) is 12.1 Å². The van der Waals surface area contributed by atoms with Gasteiger partial charge in [-0.25, -0.2) is 0 Å². The van der Waals surface area contributed by atoms with Crippen molar-refractivity contribution in [2.24, 2.45) is 5.92 Å². The maximum atomic E-state index is 8.73. The summed E-state index contributed by atoms with van der Waals surface area (Å²) in [4.78, 5) is 2.22. The summed E-state index contributed by atoms with van der Waals surface area (Å²) in [5, 5.41) is 8.73. The van der Waals surface area contributed by atoms with Crippen molar-refractivity contribution in [2.75, 3.05) is 23.7 Å². The largest absolute Gasteiger partial charge is 0.397 e. The molecule has 0 unspecified atom stereocenters. The normalized spacial score (nSPS) is 10.3. The first-order valence-electron chi connectivity index (χ1n) is 6.03. The number of nitrogen functional groups attached to an aromatic ring is 1. The van der Waals surface area contributed by atoms with Crippen molar-refractivity contribution in [3.05, 3.63) is 23.8 Å². The Kier molecular flexibility index (Phi) is 4.84. The molecule has 1 rings (SSSR count). The van der Waals surface area contributed by atoms with Crippen LogP contribution in [0.15, 0.2) is 18.2 Å². The first-order valence-corrected chi connectivity index (χ1v) is 6.03. The topological polar surface area (TPSA) is 53.0 Å². The number of hydrogen-bond acceptors (Lipinski definition) is 3. The molecule has 3 nitrogen and oxygen atoms in total. The van der Waals surface area contributed by atoms with Crippen LogP contribution in [0.5, 0.6) is 0 Å². The number of anilines is 2. The molecule has 0 aliphatic heterocycles. The number of benzene rings is 1. The van der Waals surface area contributed by atoms with Gasteiger partial charge in [0, 0.05) is 13.1 Å². The minimum atomic E-state index is 0.528. The van der Waals surface area contributed by atoms with Crippen LogP contribution in [0.25, 0.3) is 0 Å². The third-order valence-corrected chi connectivity index (χ3v) is 2.66. The van der Waals surface area contributed by atoms with E-state index in [9.17, 15) is 0 Å². The summed E-state index contributed by atoms with van der Waals surface area (Å²) < 4.78 is 0. The quantitative estimate of drug-likeness (QED) is 0.793. The highest BCUT2D eigenvalue weighted by Gasteiger charge is 2.13. The molecule has 0 spiro atoms. The number of nitrogens with two attached hydrogens (primary N) is 1. The van der Waals surface area contributed by atoms with E-state index in [1.165, 1.54) is 5.56 Å². The molecule has 17 heavy (non-hydrogen) atoms. The smallest absolute Gasteiger partial charge is 0.0640 e. The highest BCUT2D eigenvalue weighted by atomic mass is 15.1. The van der Waals surface area contributed by atoms with E-state index in [0.29, 0.717) is 12.3 Å². The lowest BCUT2D eigenvalue weighted by Gasteiger charge is -2.28. The number of hydrogen-bond donors (Lipinski definition) is 1. The average Bonchev–Trinajstić information content (AvgIpc) is 2.24. The molecule has 0 amide bonds. The number of nitriles is 1. The van der Waals surface area contributed by atoms with Gasteiger partial charge in [0.05, 0.1) is 23.9 Å². The van der Waals surface area contributed by atoms with Gasteiger partial charge in [0.1, 0.15) is 0 Å². The van der Waals surface area contributed by atoms with Crippen molar-refractivity contribution in [2.45, 2.75) is 27.2 Å². The average molecular weight is 231 g/mol. The third kappa shape index (κ3) is 3.67. The number of rotatable bonds is 5. The Balaban J connectivity index is 2.99. The molecule has 0 heterocycles. The fraction of sp³-hybridized carbons (Fsp3) is 0.500. The molecule has 1 aromatic carbocycles. The van der Waals surface area contributed by atoms with Gasteiger partial charge in [0.25, 0.3) is 0 Å². The highest BCUT2D eigenvalue weighted by Crippen LogP contribution is 2.28. The molecule has 2 N–H and O–H groups in total. The maximum Gasteiger partial charge on any atom is 0.0640 e. The summed E-state index contributed by atoms with van der Waals surface area (Å²) in [6.07, 6.45) is 0.528. The highest BCUT2D eigenvalue weighted by molar-refractivity contribution is 5.71.